The van der Waals surface area contributed by atoms with E-state index in [-0.39, 0.29) is 0 Å². The van der Waals surface area contributed by atoms with Crippen LogP contribution in [0.25, 0.3) is 0 Å². The summed E-state index contributed by atoms with van der Waals surface area (Å²) in [6.45, 7) is 5.77. The lowest BCUT2D eigenvalue weighted by Crippen LogP contribution is -2.39. The molecular weight excluding hydrogens is 198 g/mol. The SMILES string of the molecule is CCCCC(CC)CNC1CCCC1OC. The first-order valence-electron chi connectivity index (χ1n) is 7.07. The first-order valence-corrected chi connectivity index (χ1v) is 7.07. The van der Waals surface area contributed by atoms with E-state index in [1.54, 1.807) is 0 Å². The van der Waals surface area contributed by atoms with E-state index in [0.29, 0.717) is 12.1 Å². The summed E-state index contributed by atoms with van der Waals surface area (Å²) in [6.07, 6.45) is 9.69. The van der Waals surface area contributed by atoms with E-state index in [4.69, 9.17) is 4.74 Å². The lowest BCUT2D eigenvalue weighted by molar-refractivity contribution is 0.0835. The molecule has 0 heterocycles. The predicted molar refractivity (Wildman–Crippen MR) is 69.7 cm³/mol. The lowest BCUT2D eigenvalue weighted by atomic mass is 9.99. The molecule has 1 rings (SSSR count). The van der Waals surface area contributed by atoms with Crippen LogP contribution >= 0.6 is 0 Å². The number of nitrogens with one attached hydrogen (secondary N) is 1. The molecule has 0 radical (unpaired) electrons. The standard InChI is InChI=1S/C14H29NO/c1-4-6-8-12(5-2)11-15-13-9-7-10-14(13)16-3/h12-15H,4-11H2,1-3H3. The van der Waals surface area contributed by atoms with Gasteiger partial charge in [-0.05, 0) is 38.1 Å². The van der Waals surface area contributed by atoms with Gasteiger partial charge in [-0.2, -0.15) is 0 Å². The minimum Gasteiger partial charge on any atom is -0.380 e. The number of hydrogen-bond donors (Lipinski definition) is 1. The molecule has 0 spiro atoms. The fourth-order valence-corrected chi connectivity index (χ4v) is 2.70. The van der Waals surface area contributed by atoms with Crippen molar-refractivity contribution in [3.63, 3.8) is 0 Å². The molecule has 1 aliphatic carbocycles. The summed E-state index contributed by atoms with van der Waals surface area (Å²) < 4.78 is 5.51. The van der Waals surface area contributed by atoms with E-state index in [9.17, 15) is 0 Å². The third-order valence-corrected chi connectivity index (χ3v) is 3.97. The summed E-state index contributed by atoms with van der Waals surface area (Å²) in [5.74, 6) is 0.859. The lowest BCUT2D eigenvalue weighted by Gasteiger charge is -2.23. The number of unbranched alkanes of at least 4 members (excludes halogenated alkanes) is 1. The zero-order chi connectivity index (χ0) is 11.8. The fraction of sp³-hybridized carbons (Fsp3) is 1.00. The van der Waals surface area contributed by atoms with Crippen molar-refractivity contribution in [1.29, 1.82) is 0 Å². The summed E-state index contributed by atoms with van der Waals surface area (Å²) in [7, 11) is 1.85. The smallest absolute Gasteiger partial charge is 0.0724 e. The van der Waals surface area contributed by atoms with E-state index in [1.165, 1.54) is 51.5 Å². The van der Waals surface area contributed by atoms with Crippen molar-refractivity contribution in [2.75, 3.05) is 13.7 Å². The van der Waals surface area contributed by atoms with Gasteiger partial charge >= 0.3 is 0 Å². The van der Waals surface area contributed by atoms with Crippen molar-refractivity contribution in [3.05, 3.63) is 0 Å². The highest BCUT2D eigenvalue weighted by atomic mass is 16.5. The molecular formula is C14H29NO. The Hall–Kier alpha value is -0.0800. The molecule has 1 N–H and O–H groups in total. The molecule has 1 fully saturated rings. The highest BCUT2D eigenvalue weighted by Gasteiger charge is 2.26. The maximum absolute atomic E-state index is 5.51. The third kappa shape index (κ3) is 4.42. The normalized spacial score (nSPS) is 27.2. The molecule has 1 saturated carbocycles. The van der Waals surface area contributed by atoms with Gasteiger partial charge in [0.15, 0.2) is 0 Å². The zero-order valence-corrected chi connectivity index (χ0v) is 11.3. The molecule has 96 valence electrons. The van der Waals surface area contributed by atoms with Crippen LogP contribution in [-0.2, 0) is 4.74 Å². The fourth-order valence-electron chi connectivity index (χ4n) is 2.70. The molecule has 0 aliphatic heterocycles. The van der Waals surface area contributed by atoms with Gasteiger partial charge in [-0.3, -0.25) is 0 Å². The molecule has 2 nitrogen and oxygen atoms in total. The van der Waals surface area contributed by atoms with Crippen molar-refractivity contribution in [3.8, 4) is 0 Å². The van der Waals surface area contributed by atoms with Gasteiger partial charge < -0.3 is 10.1 Å². The maximum atomic E-state index is 5.51. The number of methoxy groups -OCH3 is 1. The molecule has 3 atom stereocenters. The molecule has 0 saturated heterocycles. The summed E-state index contributed by atoms with van der Waals surface area (Å²) in [6, 6.07) is 0.612. The van der Waals surface area contributed by atoms with E-state index in [1.807, 2.05) is 7.11 Å². The van der Waals surface area contributed by atoms with Gasteiger partial charge in [0.25, 0.3) is 0 Å². The Morgan fingerprint density at radius 1 is 1.31 bits per heavy atom. The molecule has 3 unspecified atom stereocenters. The first-order chi connectivity index (χ1) is 7.81. The van der Waals surface area contributed by atoms with E-state index >= 15 is 0 Å². The van der Waals surface area contributed by atoms with Crippen LogP contribution in [-0.4, -0.2) is 25.8 Å². The first kappa shape index (κ1) is 14.0. The van der Waals surface area contributed by atoms with Gasteiger partial charge in [-0.15, -0.1) is 0 Å². The van der Waals surface area contributed by atoms with Crippen molar-refractivity contribution >= 4 is 0 Å². The van der Waals surface area contributed by atoms with Crippen LogP contribution < -0.4 is 5.32 Å². The molecule has 16 heavy (non-hydrogen) atoms. The highest BCUT2D eigenvalue weighted by Crippen LogP contribution is 2.22. The number of rotatable bonds is 8. The summed E-state index contributed by atoms with van der Waals surface area (Å²) >= 11 is 0. The largest absolute Gasteiger partial charge is 0.380 e. The van der Waals surface area contributed by atoms with Gasteiger partial charge in [0.05, 0.1) is 6.10 Å². The minimum absolute atomic E-state index is 0.462. The van der Waals surface area contributed by atoms with Crippen LogP contribution in [0.4, 0.5) is 0 Å². The molecule has 0 bridgehead atoms. The van der Waals surface area contributed by atoms with Crippen LogP contribution in [0.15, 0.2) is 0 Å². The average Bonchev–Trinajstić information content (AvgIpc) is 2.77. The van der Waals surface area contributed by atoms with Gasteiger partial charge in [-0.1, -0.05) is 33.1 Å². The Morgan fingerprint density at radius 2 is 2.12 bits per heavy atom. The highest BCUT2D eigenvalue weighted by molar-refractivity contribution is 4.84. The Morgan fingerprint density at radius 3 is 2.75 bits per heavy atom. The molecule has 0 aromatic heterocycles. The predicted octanol–water partition coefficient (Wildman–Crippen LogP) is 3.36. The average molecular weight is 227 g/mol. The van der Waals surface area contributed by atoms with Crippen molar-refractivity contribution in [2.45, 2.75) is 70.9 Å². The Balaban J connectivity index is 2.20. The second kappa shape index (κ2) is 8.08. The van der Waals surface area contributed by atoms with Crippen molar-refractivity contribution < 1.29 is 4.74 Å². The maximum Gasteiger partial charge on any atom is 0.0724 e. The Labute approximate surface area is 101 Å². The monoisotopic (exact) mass is 227 g/mol. The van der Waals surface area contributed by atoms with Crippen LogP contribution in [0.3, 0.4) is 0 Å². The number of ether oxygens (including phenoxy) is 1. The van der Waals surface area contributed by atoms with E-state index in [0.717, 1.165) is 5.92 Å². The second-order valence-electron chi connectivity index (χ2n) is 5.14. The summed E-state index contributed by atoms with van der Waals surface area (Å²) in [4.78, 5) is 0. The quantitative estimate of drug-likeness (QED) is 0.686. The molecule has 0 aromatic carbocycles. The van der Waals surface area contributed by atoms with Crippen molar-refractivity contribution in [2.24, 2.45) is 5.92 Å². The third-order valence-electron chi connectivity index (χ3n) is 3.97. The zero-order valence-electron chi connectivity index (χ0n) is 11.3. The molecule has 1 aliphatic rings. The van der Waals surface area contributed by atoms with Gasteiger partial charge in [0.2, 0.25) is 0 Å². The van der Waals surface area contributed by atoms with Crippen LogP contribution in [0.2, 0.25) is 0 Å². The summed E-state index contributed by atoms with van der Waals surface area (Å²) in [5, 5.41) is 3.72. The Bertz CT molecular complexity index is 172. The number of hydrogen-bond acceptors (Lipinski definition) is 2. The molecule has 2 heteroatoms. The van der Waals surface area contributed by atoms with Crippen LogP contribution in [0.1, 0.15) is 58.8 Å². The van der Waals surface area contributed by atoms with E-state index < -0.39 is 0 Å². The second-order valence-corrected chi connectivity index (χ2v) is 5.14. The van der Waals surface area contributed by atoms with Crippen molar-refractivity contribution in [1.82, 2.24) is 5.32 Å². The molecule has 0 amide bonds. The summed E-state index contributed by atoms with van der Waals surface area (Å²) in [5.41, 5.74) is 0. The van der Waals surface area contributed by atoms with Crippen LogP contribution in [0, 0.1) is 5.92 Å². The van der Waals surface area contributed by atoms with Gasteiger partial charge in [-0.25, -0.2) is 0 Å². The van der Waals surface area contributed by atoms with Crippen LogP contribution in [0.5, 0.6) is 0 Å². The van der Waals surface area contributed by atoms with E-state index in [2.05, 4.69) is 19.2 Å². The minimum atomic E-state index is 0.462. The molecule has 0 aromatic rings. The topological polar surface area (TPSA) is 21.3 Å². The van der Waals surface area contributed by atoms with Gasteiger partial charge in [0, 0.05) is 13.2 Å². The van der Waals surface area contributed by atoms with Gasteiger partial charge in [0.1, 0.15) is 0 Å². The Kier molecular flexibility index (Phi) is 7.06.